The van der Waals surface area contributed by atoms with Crippen molar-refractivity contribution in [3.05, 3.63) is 12.2 Å². The molecule has 1 atom stereocenters. The molecule has 0 aliphatic carbocycles. The van der Waals surface area contributed by atoms with Crippen LogP contribution in [-0.2, 0) is 0 Å². The molecule has 1 aliphatic heterocycles. The van der Waals surface area contributed by atoms with E-state index in [2.05, 4.69) is 31.0 Å². The Morgan fingerprint density at radius 2 is 2.50 bits per heavy atom. The Labute approximate surface area is 50.1 Å². The van der Waals surface area contributed by atoms with Gasteiger partial charge in [-0.05, 0) is 13.8 Å². The zero-order valence-corrected chi connectivity index (χ0v) is 5.39. The van der Waals surface area contributed by atoms with Crippen molar-refractivity contribution in [2.24, 2.45) is 4.99 Å². The first-order chi connectivity index (χ1) is 3.79. The summed E-state index contributed by atoms with van der Waals surface area (Å²) in [7, 11) is 0. The van der Waals surface area contributed by atoms with E-state index in [-0.39, 0.29) is 0 Å². The quantitative estimate of drug-likeness (QED) is 0.420. The number of aliphatic imine (C=N–C) groups is 1. The summed E-state index contributed by atoms with van der Waals surface area (Å²) in [5.41, 5.74) is 1.25. The molecule has 0 aromatic heterocycles. The molecule has 0 bridgehead atoms. The molecule has 0 radical (unpaired) electrons. The van der Waals surface area contributed by atoms with Gasteiger partial charge >= 0.3 is 0 Å². The van der Waals surface area contributed by atoms with E-state index in [0.717, 1.165) is 6.42 Å². The highest BCUT2D eigenvalue weighted by Gasteiger charge is 1.98. The van der Waals surface area contributed by atoms with E-state index in [4.69, 9.17) is 0 Å². The topological polar surface area (TPSA) is 12.4 Å². The fourth-order valence-electron chi connectivity index (χ4n) is 0.879. The van der Waals surface area contributed by atoms with E-state index in [9.17, 15) is 0 Å². The molecular formula is C7H11N. The van der Waals surface area contributed by atoms with Crippen LogP contribution in [0.1, 0.15) is 20.3 Å². The molecular weight excluding hydrogens is 98.1 g/mol. The summed E-state index contributed by atoms with van der Waals surface area (Å²) in [6.45, 7) is 4.17. The van der Waals surface area contributed by atoms with Crippen LogP contribution in [0.25, 0.3) is 0 Å². The minimum atomic E-state index is 0.420. The molecule has 0 aromatic rings. The van der Waals surface area contributed by atoms with E-state index in [1.807, 2.05) is 0 Å². The maximum Gasteiger partial charge on any atom is 0.0651 e. The molecule has 44 valence electrons. The van der Waals surface area contributed by atoms with Crippen LogP contribution in [0.3, 0.4) is 0 Å². The molecule has 0 fully saturated rings. The first-order valence-electron chi connectivity index (χ1n) is 2.99. The lowest BCUT2D eigenvalue weighted by Crippen LogP contribution is -2.03. The number of dihydropyridines is 1. The summed E-state index contributed by atoms with van der Waals surface area (Å²) in [6, 6.07) is 0.420. The molecule has 0 aromatic carbocycles. The van der Waals surface area contributed by atoms with Crippen LogP contribution in [0.2, 0.25) is 0 Å². The number of rotatable bonds is 0. The monoisotopic (exact) mass is 109 g/mol. The highest BCUT2D eigenvalue weighted by Crippen LogP contribution is 2.02. The molecule has 8 heavy (non-hydrogen) atoms. The van der Waals surface area contributed by atoms with Crippen LogP contribution in [0, 0.1) is 0 Å². The Balaban J connectivity index is 2.60. The molecule has 0 spiro atoms. The van der Waals surface area contributed by atoms with Crippen molar-refractivity contribution in [1.82, 2.24) is 0 Å². The van der Waals surface area contributed by atoms with Gasteiger partial charge in [-0.25, -0.2) is 0 Å². The first kappa shape index (κ1) is 5.54. The van der Waals surface area contributed by atoms with Gasteiger partial charge in [0.1, 0.15) is 0 Å². The van der Waals surface area contributed by atoms with Crippen LogP contribution in [0.5, 0.6) is 0 Å². The van der Waals surface area contributed by atoms with Crippen LogP contribution >= 0.6 is 0 Å². The lowest BCUT2D eigenvalue weighted by Gasteiger charge is -2.06. The largest absolute Gasteiger partial charge is 0.287 e. The summed E-state index contributed by atoms with van der Waals surface area (Å²) >= 11 is 0. The smallest absolute Gasteiger partial charge is 0.0651 e. The van der Waals surface area contributed by atoms with Crippen LogP contribution < -0.4 is 0 Å². The normalized spacial score (nSPS) is 27.8. The summed E-state index contributed by atoms with van der Waals surface area (Å²) in [5, 5.41) is 0. The predicted octanol–water partition coefficient (Wildman–Crippen LogP) is 1.80. The third-order valence-corrected chi connectivity index (χ3v) is 1.25. The number of allylic oxidation sites excluding steroid dienone is 1. The molecule has 1 rings (SSSR count). The fraction of sp³-hybridized carbons (Fsp3) is 0.571. The molecule has 0 saturated carbocycles. The van der Waals surface area contributed by atoms with Crippen molar-refractivity contribution in [2.45, 2.75) is 26.3 Å². The van der Waals surface area contributed by atoms with Gasteiger partial charge in [0.15, 0.2) is 0 Å². The predicted molar refractivity (Wildman–Crippen MR) is 36.3 cm³/mol. The Morgan fingerprint density at radius 3 is 2.88 bits per heavy atom. The minimum absolute atomic E-state index is 0.420. The zero-order chi connectivity index (χ0) is 5.98. The summed E-state index contributed by atoms with van der Waals surface area (Å²) in [4.78, 5) is 4.31. The number of nitrogens with zero attached hydrogens (tertiary/aromatic N) is 1. The highest BCUT2D eigenvalue weighted by molar-refractivity contribution is 5.84. The molecule has 0 N–H and O–H groups in total. The summed E-state index contributed by atoms with van der Waals surface area (Å²) in [6.07, 6.45) is 5.35. The molecule has 1 nitrogen and oxygen atoms in total. The Bertz CT molecular complexity index is 133. The second-order valence-electron chi connectivity index (χ2n) is 2.24. The van der Waals surface area contributed by atoms with Crippen molar-refractivity contribution in [2.75, 3.05) is 0 Å². The summed E-state index contributed by atoms with van der Waals surface area (Å²) < 4.78 is 0. The SMILES string of the molecule is CC1=NC(C)C=CC1. The van der Waals surface area contributed by atoms with Crippen molar-refractivity contribution in [3.63, 3.8) is 0 Å². The van der Waals surface area contributed by atoms with Gasteiger partial charge < -0.3 is 0 Å². The van der Waals surface area contributed by atoms with E-state index < -0.39 is 0 Å². The van der Waals surface area contributed by atoms with Gasteiger partial charge in [-0.3, -0.25) is 4.99 Å². The molecule has 1 heterocycles. The maximum atomic E-state index is 4.31. The molecule has 0 saturated heterocycles. The van der Waals surface area contributed by atoms with Crippen molar-refractivity contribution < 1.29 is 0 Å². The average molecular weight is 109 g/mol. The third-order valence-electron chi connectivity index (χ3n) is 1.25. The second-order valence-corrected chi connectivity index (χ2v) is 2.24. The third kappa shape index (κ3) is 1.19. The summed E-state index contributed by atoms with van der Waals surface area (Å²) in [5.74, 6) is 0. The van der Waals surface area contributed by atoms with Gasteiger partial charge in [0.25, 0.3) is 0 Å². The highest BCUT2D eigenvalue weighted by atomic mass is 14.8. The lowest BCUT2D eigenvalue weighted by molar-refractivity contribution is 0.899. The first-order valence-corrected chi connectivity index (χ1v) is 2.99. The molecule has 1 unspecified atom stereocenters. The van der Waals surface area contributed by atoms with Gasteiger partial charge in [-0.15, -0.1) is 0 Å². The van der Waals surface area contributed by atoms with Crippen LogP contribution in [-0.4, -0.2) is 11.8 Å². The van der Waals surface area contributed by atoms with Gasteiger partial charge in [0, 0.05) is 12.1 Å². The fourth-order valence-corrected chi connectivity index (χ4v) is 0.879. The Morgan fingerprint density at radius 1 is 1.75 bits per heavy atom. The number of hydrogen-bond acceptors (Lipinski definition) is 1. The van der Waals surface area contributed by atoms with Crippen molar-refractivity contribution in [1.29, 1.82) is 0 Å². The van der Waals surface area contributed by atoms with E-state index in [1.165, 1.54) is 5.71 Å². The number of hydrogen-bond donors (Lipinski definition) is 0. The minimum Gasteiger partial charge on any atom is -0.287 e. The van der Waals surface area contributed by atoms with Crippen molar-refractivity contribution >= 4 is 5.71 Å². The Kier molecular flexibility index (Phi) is 1.47. The van der Waals surface area contributed by atoms with Gasteiger partial charge in [-0.1, -0.05) is 12.2 Å². The van der Waals surface area contributed by atoms with E-state index in [1.54, 1.807) is 0 Å². The Hall–Kier alpha value is -0.590. The van der Waals surface area contributed by atoms with Gasteiger partial charge in [0.2, 0.25) is 0 Å². The van der Waals surface area contributed by atoms with Gasteiger partial charge in [-0.2, -0.15) is 0 Å². The van der Waals surface area contributed by atoms with E-state index in [0.29, 0.717) is 6.04 Å². The molecule has 1 heteroatoms. The standard InChI is InChI=1S/C7H11N/c1-6-4-3-5-7(2)8-6/h3-4,6H,5H2,1-2H3. The van der Waals surface area contributed by atoms with Gasteiger partial charge in [0.05, 0.1) is 6.04 Å². The lowest BCUT2D eigenvalue weighted by atomic mass is 10.2. The van der Waals surface area contributed by atoms with E-state index >= 15 is 0 Å². The second kappa shape index (κ2) is 2.12. The zero-order valence-electron chi connectivity index (χ0n) is 5.39. The van der Waals surface area contributed by atoms with Crippen molar-refractivity contribution in [3.8, 4) is 0 Å². The van der Waals surface area contributed by atoms with Crippen LogP contribution in [0.4, 0.5) is 0 Å². The molecule has 0 amide bonds. The average Bonchev–Trinajstić information content (AvgIpc) is 1.64. The molecule has 1 aliphatic rings. The van der Waals surface area contributed by atoms with Crippen LogP contribution in [0.15, 0.2) is 17.1 Å². The maximum absolute atomic E-state index is 4.31.